The molecule has 41 heavy (non-hydrogen) atoms. The van der Waals surface area contributed by atoms with Crippen LogP contribution in [-0.4, -0.2) is 58.2 Å². The number of ether oxygens (including phenoxy) is 3. The number of benzene rings is 2. The van der Waals surface area contributed by atoms with Gasteiger partial charge in [0.25, 0.3) is 0 Å². The lowest BCUT2D eigenvalue weighted by molar-refractivity contribution is -0.245. The maximum absolute atomic E-state index is 12.3. The number of nitrogens with one attached hydrogen (secondary N) is 2. The third-order valence-corrected chi connectivity index (χ3v) is 7.27. The first kappa shape index (κ1) is 30.0. The molecule has 12 heteroatoms. The molecule has 2 amide bonds. The number of aliphatic hydroxyl groups excluding tert-OH is 1. The van der Waals surface area contributed by atoms with Gasteiger partial charge in [0.05, 0.1) is 31.0 Å². The molecule has 1 aliphatic heterocycles. The highest BCUT2D eigenvalue weighted by Gasteiger charge is 2.33. The summed E-state index contributed by atoms with van der Waals surface area (Å²) in [5, 5.41) is 24.5. The number of aliphatic hydroxyl groups is 1. The molecule has 1 aliphatic rings. The van der Waals surface area contributed by atoms with Crippen LogP contribution in [0.4, 0.5) is 10.5 Å². The number of hydrogen-bond acceptors (Lipinski definition) is 9. The first-order chi connectivity index (χ1) is 19.9. The van der Waals surface area contributed by atoms with Gasteiger partial charge in [0.2, 0.25) is 0 Å². The van der Waals surface area contributed by atoms with Crippen LogP contribution in [0.3, 0.4) is 0 Å². The topological polar surface area (TPSA) is 156 Å². The molecule has 1 saturated heterocycles. The van der Waals surface area contributed by atoms with Gasteiger partial charge < -0.3 is 35.1 Å². The van der Waals surface area contributed by atoms with Gasteiger partial charge in [0.1, 0.15) is 11.6 Å². The van der Waals surface area contributed by atoms with Crippen molar-refractivity contribution < 1.29 is 38.8 Å². The molecule has 11 nitrogen and oxygen atoms in total. The van der Waals surface area contributed by atoms with E-state index >= 15 is 0 Å². The van der Waals surface area contributed by atoms with E-state index in [0.717, 1.165) is 11.1 Å². The minimum absolute atomic E-state index is 0.0695. The van der Waals surface area contributed by atoms with E-state index in [2.05, 4.69) is 15.6 Å². The van der Waals surface area contributed by atoms with Crippen molar-refractivity contribution in [1.82, 2.24) is 10.3 Å². The highest BCUT2D eigenvalue weighted by molar-refractivity contribution is 7.99. The molecule has 2 aromatic carbocycles. The number of carbonyl (C=O) groups excluding carboxylic acids is 2. The number of carboxylic acids is 1. The van der Waals surface area contributed by atoms with Gasteiger partial charge in [-0.05, 0) is 42.3 Å². The maximum Gasteiger partial charge on any atom is 0.338 e. The fourth-order valence-corrected chi connectivity index (χ4v) is 5.17. The van der Waals surface area contributed by atoms with Crippen LogP contribution in [0.15, 0.2) is 71.9 Å². The number of urea groups is 1. The summed E-state index contributed by atoms with van der Waals surface area (Å²) in [6, 6.07) is 17.0. The Balaban J connectivity index is 1.50. The molecule has 2 heterocycles. The monoisotopic (exact) mass is 581 g/mol. The van der Waals surface area contributed by atoms with Crippen LogP contribution in [0.2, 0.25) is 0 Å². The Bertz CT molecular complexity index is 1350. The first-order valence-corrected chi connectivity index (χ1v) is 14.0. The van der Waals surface area contributed by atoms with E-state index < -0.39 is 24.3 Å². The van der Waals surface area contributed by atoms with Crippen LogP contribution in [0.5, 0.6) is 0 Å². The Kier molecular flexibility index (Phi) is 10.7. The minimum Gasteiger partial charge on any atom is -0.478 e. The molecule has 0 radical (unpaired) electrons. The number of anilines is 1. The Hall–Kier alpha value is -3.97. The molecule has 0 spiro atoms. The number of hydrogen-bond donors (Lipinski definition) is 4. The van der Waals surface area contributed by atoms with E-state index in [1.165, 1.54) is 17.8 Å². The number of esters is 1. The second-order valence-electron chi connectivity index (χ2n) is 9.06. The third kappa shape index (κ3) is 8.51. The minimum atomic E-state index is -1.05. The second kappa shape index (κ2) is 14.6. The number of carbonyl (C=O) groups is 3. The zero-order valence-corrected chi connectivity index (χ0v) is 23.1. The summed E-state index contributed by atoms with van der Waals surface area (Å²) in [4.78, 5) is 39.7. The zero-order valence-electron chi connectivity index (χ0n) is 22.3. The summed E-state index contributed by atoms with van der Waals surface area (Å²) in [5.41, 5.74) is 2.93. The Morgan fingerprint density at radius 2 is 1.88 bits per heavy atom. The Labute approximate surface area is 241 Å². The fraction of sp³-hybridized carbons (Fsp3) is 0.310. The quantitative estimate of drug-likeness (QED) is 0.190. The van der Waals surface area contributed by atoms with Gasteiger partial charge >= 0.3 is 18.0 Å². The van der Waals surface area contributed by atoms with Gasteiger partial charge in [-0.3, -0.25) is 4.79 Å². The summed E-state index contributed by atoms with van der Waals surface area (Å²) in [7, 11) is 0. The maximum atomic E-state index is 12.3. The van der Waals surface area contributed by atoms with Crippen molar-refractivity contribution in [2.75, 3.05) is 24.2 Å². The summed E-state index contributed by atoms with van der Waals surface area (Å²) in [6.07, 6.45) is 0.596. The molecule has 1 aromatic heterocycles. The SMILES string of the molecule is CCOC(=O)CNC(=O)Nc1cccc([C@H]2O[C@@H](CSc3ncccc3C(=O)O)C[C@@H](c3ccc(CO)cc3)O2)c1. The molecule has 0 bridgehead atoms. The summed E-state index contributed by atoms with van der Waals surface area (Å²) >= 11 is 1.30. The Morgan fingerprint density at radius 3 is 2.61 bits per heavy atom. The van der Waals surface area contributed by atoms with Crippen LogP contribution in [0, 0.1) is 0 Å². The summed E-state index contributed by atoms with van der Waals surface area (Å²) in [5.74, 6) is -1.16. The first-order valence-electron chi connectivity index (χ1n) is 13.0. The van der Waals surface area contributed by atoms with E-state index in [1.54, 1.807) is 37.4 Å². The van der Waals surface area contributed by atoms with Crippen molar-refractivity contribution in [3.63, 3.8) is 0 Å². The zero-order chi connectivity index (χ0) is 29.2. The number of aromatic carboxylic acids is 1. The molecule has 3 atom stereocenters. The number of nitrogens with zero attached hydrogens (tertiary/aromatic N) is 1. The molecule has 216 valence electrons. The van der Waals surface area contributed by atoms with Gasteiger partial charge in [0, 0.05) is 29.6 Å². The molecule has 0 aliphatic carbocycles. The number of thioether (sulfide) groups is 1. The average molecular weight is 582 g/mol. The number of aromatic nitrogens is 1. The van der Waals surface area contributed by atoms with Gasteiger partial charge in [-0.1, -0.05) is 36.4 Å². The molecular weight excluding hydrogens is 550 g/mol. The van der Waals surface area contributed by atoms with Crippen LogP contribution < -0.4 is 10.6 Å². The van der Waals surface area contributed by atoms with Crippen molar-refractivity contribution in [3.05, 3.63) is 89.1 Å². The van der Waals surface area contributed by atoms with E-state index in [1.807, 2.05) is 30.3 Å². The fourth-order valence-electron chi connectivity index (χ4n) is 4.17. The van der Waals surface area contributed by atoms with Crippen molar-refractivity contribution in [3.8, 4) is 0 Å². The van der Waals surface area contributed by atoms with Crippen LogP contribution >= 0.6 is 11.8 Å². The second-order valence-corrected chi connectivity index (χ2v) is 10.1. The smallest absolute Gasteiger partial charge is 0.338 e. The molecular formula is C29H31N3O8S. The number of carboxylic acid groups (broad SMARTS) is 1. The van der Waals surface area contributed by atoms with Crippen molar-refractivity contribution in [2.45, 2.75) is 43.5 Å². The molecule has 0 saturated carbocycles. The highest BCUT2D eigenvalue weighted by Crippen LogP contribution is 2.40. The number of rotatable bonds is 11. The van der Waals surface area contributed by atoms with Crippen LogP contribution in [0.1, 0.15) is 52.8 Å². The van der Waals surface area contributed by atoms with Crippen LogP contribution in [-0.2, 0) is 25.6 Å². The molecule has 1 fully saturated rings. The Morgan fingerprint density at radius 1 is 1.07 bits per heavy atom. The van der Waals surface area contributed by atoms with Crippen molar-refractivity contribution in [2.24, 2.45) is 0 Å². The number of amides is 2. The molecule has 0 unspecified atom stereocenters. The van der Waals surface area contributed by atoms with E-state index in [4.69, 9.17) is 14.2 Å². The molecule has 4 rings (SSSR count). The van der Waals surface area contributed by atoms with E-state index in [-0.39, 0.29) is 37.5 Å². The third-order valence-electron chi connectivity index (χ3n) is 6.14. The van der Waals surface area contributed by atoms with Gasteiger partial charge in [0.15, 0.2) is 6.29 Å². The molecule has 3 aromatic rings. The predicted molar refractivity (Wildman–Crippen MR) is 150 cm³/mol. The summed E-state index contributed by atoms with van der Waals surface area (Å²) in [6.45, 7) is 1.58. The normalized spacial score (nSPS) is 18.3. The van der Waals surface area contributed by atoms with Crippen LogP contribution in [0.25, 0.3) is 0 Å². The largest absolute Gasteiger partial charge is 0.478 e. The van der Waals surface area contributed by atoms with E-state index in [9.17, 15) is 24.6 Å². The number of pyridine rings is 1. The lowest BCUT2D eigenvalue weighted by Gasteiger charge is -2.36. The highest BCUT2D eigenvalue weighted by atomic mass is 32.2. The molecule has 4 N–H and O–H groups in total. The standard InChI is InChI=1S/C29H31N3O8S/c1-2-38-25(34)15-31-29(37)32-21-6-3-5-20(13-21)28-39-22(17-41-26-23(27(35)36)7-4-12-30-26)14-24(40-28)19-10-8-18(16-33)9-11-19/h3-13,22,24,28,33H,2,14-17H2,1H3,(H,35,36)(H2,31,32,37)/t22-,24+,28+/m1/s1. The summed E-state index contributed by atoms with van der Waals surface area (Å²) < 4.78 is 17.5. The van der Waals surface area contributed by atoms with Crippen molar-refractivity contribution in [1.29, 1.82) is 0 Å². The van der Waals surface area contributed by atoms with E-state index in [0.29, 0.717) is 28.5 Å². The van der Waals surface area contributed by atoms with Gasteiger partial charge in [-0.2, -0.15) is 0 Å². The van der Waals surface area contributed by atoms with Gasteiger partial charge in [-0.15, -0.1) is 11.8 Å². The average Bonchev–Trinajstić information content (AvgIpc) is 2.99. The van der Waals surface area contributed by atoms with Gasteiger partial charge in [-0.25, -0.2) is 14.6 Å². The lowest BCUT2D eigenvalue weighted by atomic mass is 10.0. The van der Waals surface area contributed by atoms with Crippen molar-refractivity contribution >= 4 is 35.4 Å². The predicted octanol–water partition coefficient (Wildman–Crippen LogP) is 4.29. The lowest BCUT2D eigenvalue weighted by Crippen LogP contribution is -2.34.